The van der Waals surface area contributed by atoms with Gasteiger partial charge in [-0.25, -0.2) is 4.98 Å². The molecule has 0 radical (unpaired) electrons. The van der Waals surface area contributed by atoms with E-state index in [1.54, 1.807) is 7.11 Å². The monoisotopic (exact) mass is 219 g/mol. The maximum Gasteiger partial charge on any atom is 0.111 e. The number of aromatic nitrogens is 2. The van der Waals surface area contributed by atoms with E-state index in [4.69, 9.17) is 10.5 Å². The summed E-state index contributed by atoms with van der Waals surface area (Å²) in [6.07, 6.45) is 0.833. The molecule has 1 heterocycles. The second-order valence-corrected chi connectivity index (χ2v) is 3.86. The van der Waals surface area contributed by atoms with Gasteiger partial charge in [0, 0.05) is 27.1 Å². The SMILES string of the molecule is COCCc1nc2cc(CN)ccc2n1C. The lowest BCUT2D eigenvalue weighted by atomic mass is 10.2. The number of ether oxygens (including phenoxy) is 1. The fourth-order valence-electron chi connectivity index (χ4n) is 1.84. The molecule has 0 amide bonds. The van der Waals surface area contributed by atoms with E-state index in [1.807, 2.05) is 19.2 Å². The molecule has 1 aromatic heterocycles. The summed E-state index contributed by atoms with van der Waals surface area (Å²) in [5, 5.41) is 0. The van der Waals surface area contributed by atoms with Gasteiger partial charge in [-0.2, -0.15) is 0 Å². The van der Waals surface area contributed by atoms with Crippen LogP contribution in [-0.4, -0.2) is 23.3 Å². The molecular weight excluding hydrogens is 202 g/mol. The van der Waals surface area contributed by atoms with Crippen molar-refractivity contribution in [2.45, 2.75) is 13.0 Å². The van der Waals surface area contributed by atoms with Gasteiger partial charge < -0.3 is 15.0 Å². The van der Waals surface area contributed by atoms with Crippen molar-refractivity contribution in [2.75, 3.05) is 13.7 Å². The van der Waals surface area contributed by atoms with Crippen molar-refractivity contribution in [1.82, 2.24) is 9.55 Å². The fourth-order valence-corrected chi connectivity index (χ4v) is 1.84. The van der Waals surface area contributed by atoms with E-state index in [9.17, 15) is 0 Å². The number of nitrogens with two attached hydrogens (primary N) is 1. The van der Waals surface area contributed by atoms with Gasteiger partial charge in [0.25, 0.3) is 0 Å². The normalized spacial score (nSPS) is 11.2. The van der Waals surface area contributed by atoms with Crippen molar-refractivity contribution in [3.05, 3.63) is 29.6 Å². The van der Waals surface area contributed by atoms with E-state index in [0.717, 1.165) is 28.8 Å². The van der Waals surface area contributed by atoms with Gasteiger partial charge in [-0.15, -0.1) is 0 Å². The number of nitrogens with zero attached hydrogens (tertiary/aromatic N) is 2. The molecule has 4 heteroatoms. The lowest BCUT2D eigenvalue weighted by molar-refractivity contribution is 0.200. The summed E-state index contributed by atoms with van der Waals surface area (Å²) >= 11 is 0. The first kappa shape index (κ1) is 11.1. The summed E-state index contributed by atoms with van der Waals surface area (Å²) in [6.45, 7) is 1.25. The highest BCUT2D eigenvalue weighted by molar-refractivity contribution is 5.76. The van der Waals surface area contributed by atoms with Crippen LogP contribution in [0.25, 0.3) is 11.0 Å². The first-order valence-corrected chi connectivity index (χ1v) is 5.39. The van der Waals surface area contributed by atoms with Gasteiger partial charge in [0.15, 0.2) is 0 Å². The molecule has 0 spiro atoms. The predicted molar refractivity (Wildman–Crippen MR) is 64.2 cm³/mol. The zero-order valence-corrected chi connectivity index (χ0v) is 9.73. The summed E-state index contributed by atoms with van der Waals surface area (Å²) < 4.78 is 7.17. The summed E-state index contributed by atoms with van der Waals surface area (Å²) in [7, 11) is 3.73. The molecule has 86 valence electrons. The summed E-state index contributed by atoms with van der Waals surface area (Å²) in [4.78, 5) is 4.59. The quantitative estimate of drug-likeness (QED) is 0.841. The predicted octanol–water partition coefficient (Wildman–Crippen LogP) is 1.22. The first-order valence-electron chi connectivity index (χ1n) is 5.39. The van der Waals surface area contributed by atoms with Gasteiger partial charge in [-0.1, -0.05) is 6.07 Å². The third-order valence-electron chi connectivity index (χ3n) is 2.80. The number of imidazole rings is 1. The highest BCUT2D eigenvalue weighted by Gasteiger charge is 2.07. The van der Waals surface area contributed by atoms with E-state index in [1.165, 1.54) is 0 Å². The van der Waals surface area contributed by atoms with Crippen LogP contribution in [0.15, 0.2) is 18.2 Å². The first-order chi connectivity index (χ1) is 7.76. The van der Waals surface area contributed by atoms with Gasteiger partial charge in [0.1, 0.15) is 5.82 Å². The molecule has 0 bridgehead atoms. The molecule has 0 saturated heterocycles. The molecule has 2 N–H and O–H groups in total. The minimum atomic E-state index is 0.555. The molecule has 4 nitrogen and oxygen atoms in total. The Kier molecular flexibility index (Phi) is 3.22. The third-order valence-corrected chi connectivity index (χ3v) is 2.80. The Morgan fingerprint density at radius 1 is 1.44 bits per heavy atom. The van der Waals surface area contributed by atoms with Crippen molar-refractivity contribution in [1.29, 1.82) is 0 Å². The van der Waals surface area contributed by atoms with Crippen LogP contribution in [0.5, 0.6) is 0 Å². The Balaban J connectivity index is 2.41. The molecule has 1 aromatic carbocycles. The second-order valence-electron chi connectivity index (χ2n) is 3.86. The number of aryl methyl sites for hydroxylation is 1. The van der Waals surface area contributed by atoms with Crippen LogP contribution >= 0.6 is 0 Å². The van der Waals surface area contributed by atoms with Crippen LogP contribution in [0.3, 0.4) is 0 Å². The van der Waals surface area contributed by atoms with E-state index in [2.05, 4.69) is 15.6 Å². The van der Waals surface area contributed by atoms with E-state index in [-0.39, 0.29) is 0 Å². The smallest absolute Gasteiger partial charge is 0.111 e. The zero-order chi connectivity index (χ0) is 11.5. The van der Waals surface area contributed by atoms with Gasteiger partial charge in [0.05, 0.1) is 17.6 Å². The van der Waals surface area contributed by atoms with Crippen molar-refractivity contribution in [3.63, 3.8) is 0 Å². The number of hydrogen-bond donors (Lipinski definition) is 1. The van der Waals surface area contributed by atoms with Gasteiger partial charge in [-0.3, -0.25) is 0 Å². The Morgan fingerprint density at radius 3 is 2.94 bits per heavy atom. The maximum absolute atomic E-state index is 5.61. The van der Waals surface area contributed by atoms with Gasteiger partial charge in [0.2, 0.25) is 0 Å². The van der Waals surface area contributed by atoms with Crippen LogP contribution in [-0.2, 0) is 24.8 Å². The van der Waals surface area contributed by atoms with Crippen molar-refractivity contribution >= 4 is 11.0 Å². The average molecular weight is 219 g/mol. The number of hydrogen-bond acceptors (Lipinski definition) is 3. The third kappa shape index (κ3) is 1.94. The van der Waals surface area contributed by atoms with Crippen LogP contribution in [0.2, 0.25) is 0 Å². The Labute approximate surface area is 95.0 Å². The number of methoxy groups -OCH3 is 1. The molecule has 0 saturated carbocycles. The highest BCUT2D eigenvalue weighted by atomic mass is 16.5. The Morgan fingerprint density at radius 2 is 2.25 bits per heavy atom. The Bertz CT molecular complexity index is 490. The molecular formula is C12H17N3O. The lowest BCUT2D eigenvalue weighted by Gasteiger charge is -2.01. The zero-order valence-electron chi connectivity index (χ0n) is 9.73. The van der Waals surface area contributed by atoms with E-state index in [0.29, 0.717) is 13.2 Å². The maximum atomic E-state index is 5.61. The van der Waals surface area contributed by atoms with Crippen LogP contribution < -0.4 is 5.73 Å². The molecule has 0 fully saturated rings. The molecule has 0 aliphatic heterocycles. The van der Waals surface area contributed by atoms with Gasteiger partial charge >= 0.3 is 0 Å². The van der Waals surface area contributed by atoms with Crippen LogP contribution in [0.4, 0.5) is 0 Å². The summed E-state index contributed by atoms with van der Waals surface area (Å²) in [5.74, 6) is 1.05. The molecule has 0 unspecified atom stereocenters. The van der Waals surface area contributed by atoms with E-state index >= 15 is 0 Å². The van der Waals surface area contributed by atoms with Crippen LogP contribution in [0.1, 0.15) is 11.4 Å². The van der Waals surface area contributed by atoms with Gasteiger partial charge in [-0.05, 0) is 17.7 Å². The number of benzene rings is 1. The number of fused-ring (bicyclic) bond motifs is 1. The van der Waals surface area contributed by atoms with Crippen LogP contribution in [0, 0.1) is 0 Å². The highest BCUT2D eigenvalue weighted by Crippen LogP contribution is 2.16. The average Bonchev–Trinajstić information content (AvgIpc) is 2.63. The largest absolute Gasteiger partial charge is 0.384 e. The summed E-state index contributed by atoms with van der Waals surface area (Å²) in [6, 6.07) is 6.16. The minimum absolute atomic E-state index is 0.555. The lowest BCUT2D eigenvalue weighted by Crippen LogP contribution is -2.02. The minimum Gasteiger partial charge on any atom is -0.384 e. The molecule has 0 aliphatic rings. The molecule has 0 atom stereocenters. The summed E-state index contributed by atoms with van der Waals surface area (Å²) in [5.41, 5.74) is 8.88. The van der Waals surface area contributed by atoms with Crippen molar-refractivity contribution < 1.29 is 4.74 Å². The number of rotatable bonds is 4. The molecule has 2 rings (SSSR count). The van der Waals surface area contributed by atoms with Crippen molar-refractivity contribution in [2.24, 2.45) is 12.8 Å². The second kappa shape index (κ2) is 4.63. The van der Waals surface area contributed by atoms with Crippen molar-refractivity contribution in [3.8, 4) is 0 Å². The molecule has 0 aliphatic carbocycles. The van der Waals surface area contributed by atoms with E-state index < -0.39 is 0 Å². The molecule has 2 aromatic rings. The fraction of sp³-hybridized carbons (Fsp3) is 0.417. The molecule has 16 heavy (non-hydrogen) atoms. The topological polar surface area (TPSA) is 53.1 Å². The standard InChI is InChI=1S/C12H17N3O/c1-15-11-4-3-9(8-13)7-10(11)14-12(15)5-6-16-2/h3-4,7H,5-6,8,13H2,1-2H3. The Hall–Kier alpha value is -1.39.